The second-order valence-electron chi connectivity index (χ2n) is 6.00. The van der Waals surface area contributed by atoms with Gasteiger partial charge < -0.3 is 5.32 Å². The molecule has 1 fully saturated rings. The predicted molar refractivity (Wildman–Crippen MR) is 87.5 cm³/mol. The van der Waals surface area contributed by atoms with E-state index in [0.717, 1.165) is 19.5 Å². The van der Waals surface area contributed by atoms with E-state index in [2.05, 4.69) is 22.2 Å². The van der Waals surface area contributed by atoms with Gasteiger partial charge in [-0.3, -0.25) is 18.9 Å². The molecule has 3 heterocycles. The topological polar surface area (TPSA) is 71.6 Å². The zero-order valence-corrected chi connectivity index (χ0v) is 13.7. The van der Waals surface area contributed by atoms with Crippen LogP contribution in [-0.4, -0.2) is 50.7 Å². The largest absolute Gasteiger partial charge is 0.353 e. The first-order valence-corrected chi connectivity index (χ1v) is 8.15. The fourth-order valence-corrected chi connectivity index (χ4v) is 3.31. The molecule has 124 valence electrons. The highest BCUT2D eigenvalue weighted by Crippen LogP contribution is 2.15. The van der Waals surface area contributed by atoms with Crippen LogP contribution in [0.15, 0.2) is 23.1 Å². The zero-order chi connectivity index (χ0) is 16.4. The lowest BCUT2D eigenvalue weighted by atomic mass is 10.2. The summed E-state index contributed by atoms with van der Waals surface area (Å²) in [5.41, 5.74) is 0.296. The fourth-order valence-electron chi connectivity index (χ4n) is 3.31. The van der Waals surface area contributed by atoms with Crippen molar-refractivity contribution in [2.45, 2.75) is 39.3 Å². The third-order valence-corrected chi connectivity index (χ3v) is 4.55. The molecule has 2 aromatic heterocycles. The quantitative estimate of drug-likeness (QED) is 0.867. The van der Waals surface area contributed by atoms with E-state index >= 15 is 0 Å². The van der Waals surface area contributed by atoms with Crippen molar-refractivity contribution in [3.8, 4) is 0 Å². The standard InChI is InChI=1S/C16H23N5O2/c1-3-19-8-4-6-13(19)10-17-15(22)11-21-16(23)14-7-5-9-20(14)12(2)18-21/h5,7,9,13H,3-4,6,8,10-11H2,1-2H3,(H,17,22)/t13-/m1/s1. The van der Waals surface area contributed by atoms with Crippen LogP contribution in [0.5, 0.6) is 0 Å². The Morgan fingerprint density at radius 2 is 2.30 bits per heavy atom. The zero-order valence-electron chi connectivity index (χ0n) is 13.7. The van der Waals surface area contributed by atoms with Gasteiger partial charge >= 0.3 is 0 Å². The molecule has 0 aliphatic carbocycles. The Bertz CT molecular complexity index is 763. The van der Waals surface area contributed by atoms with Crippen LogP contribution in [0.3, 0.4) is 0 Å². The second kappa shape index (κ2) is 6.54. The van der Waals surface area contributed by atoms with Gasteiger partial charge in [-0.25, -0.2) is 4.68 Å². The van der Waals surface area contributed by atoms with E-state index in [1.165, 1.54) is 11.1 Å². The molecule has 23 heavy (non-hydrogen) atoms. The van der Waals surface area contributed by atoms with Crippen molar-refractivity contribution in [3.63, 3.8) is 0 Å². The van der Waals surface area contributed by atoms with Crippen LogP contribution in [0.25, 0.3) is 5.52 Å². The number of hydrogen-bond acceptors (Lipinski definition) is 4. The molecule has 1 atom stereocenters. The van der Waals surface area contributed by atoms with Crippen molar-refractivity contribution < 1.29 is 4.79 Å². The number of nitrogens with one attached hydrogen (secondary N) is 1. The number of fused-ring (bicyclic) bond motifs is 1. The minimum absolute atomic E-state index is 0.0415. The van der Waals surface area contributed by atoms with E-state index in [4.69, 9.17) is 0 Å². The average molecular weight is 317 g/mol. The Morgan fingerprint density at radius 3 is 3.09 bits per heavy atom. The van der Waals surface area contributed by atoms with Crippen molar-refractivity contribution in [2.75, 3.05) is 19.6 Å². The molecule has 0 saturated carbocycles. The minimum atomic E-state index is -0.244. The number of rotatable bonds is 5. The van der Waals surface area contributed by atoms with E-state index in [1.54, 1.807) is 22.7 Å². The maximum atomic E-state index is 12.3. The Balaban J connectivity index is 1.66. The second-order valence-corrected chi connectivity index (χ2v) is 6.00. The van der Waals surface area contributed by atoms with Gasteiger partial charge in [-0.15, -0.1) is 0 Å². The van der Waals surface area contributed by atoms with E-state index in [1.807, 2.05) is 6.92 Å². The van der Waals surface area contributed by atoms with Gasteiger partial charge in [-0.05, 0) is 45.0 Å². The van der Waals surface area contributed by atoms with Crippen LogP contribution in [0, 0.1) is 6.92 Å². The number of carbonyl (C=O) groups is 1. The van der Waals surface area contributed by atoms with Crippen molar-refractivity contribution in [3.05, 3.63) is 34.5 Å². The van der Waals surface area contributed by atoms with Crippen molar-refractivity contribution >= 4 is 11.4 Å². The molecule has 0 radical (unpaired) electrons. The first kappa shape index (κ1) is 15.7. The number of aromatic nitrogens is 3. The maximum absolute atomic E-state index is 12.3. The summed E-state index contributed by atoms with van der Waals surface area (Å²) in [6.45, 7) is 6.65. The normalized spacial score (nSPS) is 18.6. The van der Waals surface area contributed by atoms with E-state index in [9.17, 15) is 9.59 Å². The molecule has 3 rings (SSSR count). The Kier molecular flexibility index (Phi) is 4.47. The molecular weight excluding hydrogens is 294 g/mol. The summed E-state index contributed by atoms with van der Waals surface area (Å²) in [7, 11) is 0. The molecule has 0 spiro atoms. The molecule has 0 aromatic carbocycles. The molecule has 2 aromatic rings. The summed E-state index contributed by atoms with van der Waals surface area (Å²) in [4.78, 5) is 26.9. The third kappa shape index (κ3) is 3.14. The minimum Gasteiger partial charge on any atom is -0.353 e. The van der Waals surface area contributed by atoms with Gasteiger partial charge in [-0.1, -0.05) is 6.92 Å². The molecule has 1 aliphatic rings. The number of amides is 1. The Labute approximate surface area is 134 Å². The number of aryl methyl sites for hydroxylation is 1. The summed E-state index contributed by atoms with van der Waals surface area (Å²) in [6, 6.07) is 3.95. The highest BCUT2D eigenvalue weighted by molar-refractivity contribution is 5.75. The van der Waals surface area contributed by atoms with Gasteiger partial charge in [0.15, 0.2) is 0 Å². The summed E-state index contributed by atoms with van der Waals surface area (Å²) < 4.78 is 2.97. The van der Waals surface area contributed by atoms with Crippen molar-refractivity contribution in [1.29, 1.82) is 0 Å². The average Bonchev–Trinajstić information content (AvgIpc) is 3.19. The molecule has 1 saturated heterocycles. The van der Waals surface area contributed by atoms with Crippen LogP contribution >= 0.6 is 0 Å². The van der Waals surface area contributed by atoms with Crippen LogP contribution in [-0.2, 0) is 11.3 Å². The molecule has 1 N–H and O–H groups in total. The number of carbonyl (C=O) groups excluding carboxylic acids is 1. The number of likely N-dealkylation sites (N-methyl/N-ethyl adjacent to an activating group) is 1. The van der Waals surface area contributed by atoms with Gasteiger partial charge in [0.1, 0.15) is 17.9 Å². The lowest BCUT2D eigenvalue weighted by molar-refractivity contribution is -0.122. The van der Waals surface area contributed by atoms with Gasteiger partial charge in [0.2, 0.25) is 5.91 Å². The lowest BCUT2D eigenvalue weighted by Crippen LogP contribution is -2.42. The number of nitrogens with zero attached hydrogens (tertiary/aromatic N) is 4. The smallest absolute Gasteiger partial charge is 0.291 e. The molecule has 0 unspecified atom stereocenters. The van der Waals surface area contributed by atoms with Gasteiger partial charge in [0.25, 0.3) is 5.56 Å². The lowest BCUT2D eigenvalue weighted by Gasteiger charge is -2.22. The Hall–Kier alpha value is -2.15. The molecule has 1 aliphatic heterocycles. The van der Waals surface area contributed by atoms with E-state index in [0.29, 0.717) is 23.9 Å². The highest BCUT2D eigenvalue weighted by atomic mass is 16.2. The van der Waals surface area contributed by atoms with Crippen molar-refractivity contribution in [2.24, 2.45) is 0 Å². The number of hydrogen-bond donors (Lipinski definition) is 1. The summed E-state index contributed by atoms with van der Waals surface area (Å²) >= 11 is 0. The maximum Gasteiger partial charge on any atom is 0.291 e. The first-order valence-electron chi connectivity index (χ1n) is 8.15. The first-order chi connectivity index (χ1) is 11.1. The number of likely N-dealkylation sites (tertiary alicyclic amines) is 1. The predicted octanol–water partition coefficient (Wildman–Crippen LogP) is 0.405. The van der Waals surface area contributed by atoms with Crippen LogP contribution in [0.2, 0.25) is 0 Å². The van der Waals surface area contributed by atoms with E-state index < -0.39 is 0 Å². The molecular formula is C16H23N5O2. The Morgan fingerprint density at radius 1 is 1.48 bits per heavy atom. The van der Waals surface area contributed by atoms with Gasteiger partial charge in [0, 0.05) is 18.8 Å². The van der Waals surface area contributed by atoms with Gasteiger partial charge in [-0.2, -0.15) is 5.10 Å². The SMILES string of the molecule is CCN1CCC[C@@H]1CNC(=O)Cn1nc(C)n2cccc2c1=O. The van der Waals surface area contributed by atoms with Crippen LogP contribution in [0.1, 0.15) is 25.6 Å². The van der Waals surface area contributed by atoms with E-state index in [-0.39, 0.29) is 18.0 Å². The molecule has 7 heteroatoms. The highest BCUT2D eigenvalue weighted by Gasteiger charge is 2.23. The van der Waals surface area contributed by atoms with Crippen LogP contribution in [0.4, 0.5) is 0 Å². The van der Waals surface area contributed by atoms with Crippen LogP contribution < -0.4 is 10.9 Å². The molecule has 1 amide bonds. The fraction of sp³-hybridized carbons (Fsp3) is 0.562. The summed E-state index contributed by atoms with van der Waals surface area (Å²) in [5.74, 6) is 0.517. The van der Waals surface area contributed by atoms with Crippen molar-refractivity contribution in [1.82, 2.24) is 24.4 Å². The summed E-state index contributed by atoms with van der Waals surface area (Å²) in [6.07, 6.45) is 4.09. The monoisotopic (exact) mass is 317 g/mol. The summed E-state index contributed by atoms with van der Waals surface area (Å²) in [5, 5.41) is 7.16. The molecule has 7 nitrogen and oxygen atoms in total. The molecule has 0 bridgehead atoms. The third-order valence-electron chi connectivity index (χ3n) is 4.55. The van der Waals surface area contributed by atoms with Gasteiger partial charge in [0.05, 0.1) is 0 Å².